The maximum absolute atomic E-state index is 6.62. The van der Waals surface area contributed by atoms with E-state index in [1.165, 1.54) is 12.0 Å². The first-order valence-electron chi connectivity index (χ1n) is 8.61. The highest BCUT2D eigenvalue weighted by atomic mass is 15.1. The zero-order valence-corrected chi connectivity index (χ0v) is 13.7. The van der Waals surface area contributed by atoms with E-state index in [-0.39, 0.29) is 6.04 Å². The van der Waals surface area contributed by atoms with Crippen LogP contribution >= 0.6 is 0 Å². The third-order valence-electron chi connectivity index (χ3n) is 5.00. The molecule has 0 spiro atoms. The predicted octanol–water partition coefficient (Wildman–Crippen LogP) is 2.87. The van der Waals surface area contributed by atoms with Gasteiger partial charge in [0.1, 0.15) is 12.0 Å². The van der Waals surface area contributed by atoms with E-state index in [1.807, 2.05) is 12.3 Å². The van der Waals surface area contributed by atoms with Gasteiger partial charge in [0.25, 0.3) is 0 Å². The fourth-order valence-corrected chi connectivity index (χ4v) is 3.75. The molecule has 24 heavy (non-hydrogen) atoms. The molecule has 3 N–H and O–H groups in total. The Balaban J connectivity index is 1.50. The summed E-state index contributed by atoms with van der Waals surface area (Å²) in [5.74, 6) is 0.426. The van der Waals surface area contributed by atoms with Crippen molar-refractivity contribution < 1.29 is 0 Å². The molecule has 2 unspecified atom stereocenters. The lowest BCUT2D eigenvalue weighted by molar-refractivity contribution is 0.150. The molecule has 124 valence electrons. The maximum Gasteiger partial charge on any atom is 0.141 e. The fourth-order valence-electron chi connectivity index (χ4n) is 3.75. The summed E-state index contributed by atoms with van der Waals surface area (Å²) in [5, 5.41) is 1.05. The summed E-state index contributed by atoms with van der Waals surface area (Å²) >= 11 is 0. The largest absolute Gasteiger partial charge is 0.346 e. The molecule has 1 aliphatic heterocycles. The van der Waals surface area contributed by atoms with Gasteiger partial charge in [0, 0.05) is 24.7 Å². The van der Waals surface area contributed by atoms with E-state index >= 15 is 0 Å². The van der Waals surface area contributed by atoms with Gasteiger partial charge in [-0.05, 0) is 36.9 Å². The number of hydrogen-bond acceptors (Lipinski definition) is 4. The zero-order chi connectivity index (χ0) is 16.4. The van der Waals surface area contributed by atoms with Crippen molar-refractivity contribution in [3.63, 3.8) is 0 Å². The molecule has 1 fully saturated rings. The zero-order valence-electron chi connectivity index (χ0n) is 13.7. The molecule has 3 aromatic rings. The first-order valence-corrected chi connectivity index (χ1v) is 8.61. The van der Waals surface area contributed by atoms with Gasteiger partial charge in [0.2, 0.25) is 0 Å². The summed E-state index contributed by atoms with van der Waals surface area (Å²) < 4.78 is 0. The molecule has 3 heterocycles. The Morgan fingerprint density at radius 2 is 2.08 bits per heavy atom. The Hall–Kier alpha value is -2.24. The van der Waals surface area contributed by atoms with Crippen LogP contribution in [0.4, 0.5) is 0 Å². The standard InChI is InChI=1S/C19H23N5/c20-17(18-16-8-9-21-19(16)23-13-22-18)15-7-4-10-24(12-15)11-14-5-2-1-3-6-14/h1-3,5-6,8-9,13,15,17H,4,7,10-12,20H2,(H,21,22,23). The number of nitrogens with two attached hydrogens (primary N) is 1. The highest BCUT2D eigenvalue weighted by Gasteiger charge is 2.28. The predicted molar refractivity (Wildman–Crippen MR) is 95.3 cm³/mol. The molecule has 0 amide bonds. The highest BCUT2D eigenvalue weighted by Crippen LogP contribution is 2.30. The van der Waals surface area contributed by atoms with Crippen molar-refractivity contribution in [1.82, 2.24) is 19.9 Å². The van der Waals surface area contributed by atoms with Gasteiger partial charge in [-0.3, -0.25) is 4.90 Å². The number of fused-ring (bicyclic) bond motifs is 1. The lowest BCUT2D eigenvalue weighted by atomic mass is 9.88. The van der Waals surface area contributed by atoms with E-state index in [0.717, 1.165) is 42.8 Å². The van der Waals surface area contributed by atoms with Crippen LogP contribution in [-0.4, -0.2) is 32.9 Å². The molecule has 5 heteroatoms. The van der Waals surface area contributed by atoms with Crippen LogP contribution in [0, 0.1) is 5.92 Å². The SMILES string of the molecule is NC(c1ncnc2[nH]ccc12)C1CCCN(Cc2ccccc2)C1. The summed E-state index contributed by atoms with van der Waals surface area (Å²) in [6.45, 7) is 3.15. The fraction of sp³-hybridized carbons (Fsp3) is 0.368. The van der Waals surface area contributed by atoms with E-state index in [2.05, 4.69) is 50.2 Å². The topological polar surface area (TPSA) is 70.8 Å². The number of likely N-dealkylation sites (tertiary alicyclic amines) is 1. The second-order valence-electron chi connectivity index (χ2n) is 6.65. The van der Waals surface area contributed by atoms with Gasteiger partial charge in [-0.25, -0.2) is 9.97 Å². The Kier molecular flexibility index (Phi) is 4.28. The van der Waals surface area contributed by atoms with Gasteiger partial charge in [-0.1, -0.05) is 30.3 Å². The number of rotatable bonds is 4. The monoisotopic (exact) mass is 321 g/mol. The van der Waals surface area contributed by atoms with E-state index in [0.29, 0.717) is 5.92 Å². The lowest BCUT2D eigenvalue weighted by Crippen LogP contribution is -2.39. The maximum atomic E-state index is 6.62. The Labute approximate surface area is 141 Å². The Morgan fingerprint density at radius 3 is 2.96 bits per heavy atom. The number of nitrogens with zero attached hydrogens (tertiary/aromatic N) is 3. The number of H-pyrrole nitrogens is 1. The first kappa shape index (κ1) is 15.3. The van der Waals surface area contributed by atoms with Gasteiger partial charge in [-0.2, -0.15) is 0 Å². The minimum absolute atomic E-state index is 0.0510. The smallest absolute Gasteiger partial charge is 0.141 e. The van der Waals surface area contributed by atoms with Crippen molar-refractivity contribution in [2.24, 2.45) is 11.7 Å². The number of benzene rings is 1. The molecule has 0 aliphatic carbocycles. The van der Waals surface area contributed by atoms with E-state index in [1.54, 1.807) is 6.33 Å². The molecule has 4 rings (SSSR count). The van der Waals surface area contributed by atoms with Gasteiger partial charge < -0.3 is 10.7 Å². The first-order chi connectivity index (χ1) is 11.8. The van der Waals surface area contributed by atoms with Gasteiger partial charge >= 0.3 is 0 Å². The molecule has 1 saturated heterocycles. The van der Waals surface area contributed by atoms with E-state index in [4.69, 9.17) is 5.73 Å². The number of aromatic nitrogens is 3. The van der Waals surface area contributed by atoms with Crippen LogP contribution in [0.1, 0.15) is 30.1 Å². The minimum atomic E-state index is -0.0510. The number of hydrogen-bond donors (Lipinski definition) is 2. The lowest BCUT2D eigenvalue weighted by Gasteiger charge is -2.35. The second kappa shape index (κ2) is 6.71. The molecular weight excluding hydrogens is 298 g/mol. The summed E-state index contributed by atoms with van der Waals surface area (Å²) in [4.78, 5) is 14.4. The second-order valence-corrected chi connectivity index (χ2v) is 6.65. The van der Waals surface area contributed by atoms with Crippen LogP contribution in [0.5, 0.6) is 0 Å². The summed E-state index contributed by atoms with van der Waals surface area (Å²) in [7, 11) is 0. The average Bonchev–Trinajstić information content (AvgIpc) is 3.11. The minimum Gasteiger partial charge on any atom is -0.346 e. The molecule has 1 aliphatic rings. The molecular formula is C19H23N5. The summed E-state index contributed by atoms with van der Waals surface area (Å²) in [6, 6.07) is 12.6. The van der Waals surface area contributed by atoms with Crippen LogP contribution in [0.25, 0.3) is 11.0 Å². The number of nitrogens with one attached hydrogen (secondary N) is 1. The normalized spacial score (nSPS) is 20.3. The molecule has 0 radical (unpaired) electrons. The van der Waals surface area contributed by atoms with Crippen molar-refractivity contribution in [2.75, 3.05) is 13.1 Å². The summed E-state index contributed by atoms with van der Waals surface area (Å²) in [5.41, 5.74) is 9.82. The van der Waals surface area contributed by atoms with E-state index in [9.17, 15) is 0 Å². The number of piperidine rings is 1. The summed E-state index contributed by atoms with van der Waals surface area (Å²) in [6.07, 6.45) is 5.85. The van der Waals surface area contributed by atoms with Crippen LogP contribution in [0.3, 0.4) is 0 Å². The van der Waals surface area contributed by atoms with Gasteiger partial charge in [-0.15, -0.1) is 0 Å². The van der Waals surface area contributed by atoms with Crippen molar-refractivity contribution in [3.8, 4) is 0 Å². The van der Waals surface area contributed by atoms with Gasteiger partial charge in [0.15, 0.2) is 0 Å². The van der Waals surface area contributed by atoms with Crippen molar-refractivity contribution in [2.45, 2.75) is 25.4 Å². The highest BCUT2D eigenvalue weighted by molar-refractivity contribution is 5.78. The molecule has 0 bridgehead atoms. The van der Waals surface area contributed by atoms with Gasteiger partial charge in [0.05, 0.1) is 11.7 Å². The van der Waals surface area contributed by atoms with Crippen LogP contribution < -0.4 is 5.73 Å². The molecule has 0 saturated carbocycles. The third-order valence-corrected chi connectivity index (χ3v) is 5.00. The van der Waals surface area contributed by atoms with Crippen LogP contribution in [0.15, 0.2) is 48.9 Å². The van der Waals surface area contributed by atoms with Crippen LogP contribution in [0.2, 0.25) is 0 Å². The van der Waals surface area contributed by atoms with Crippen LogP contribution in [-0.2, 0) is 6.54 Å². The van der Waals surface area contributed by atoms with Crippen molar-refractivity contribution >= 4 is 11.0 Å². The molecule has 1 aromatic carbocycles. The molecule has 2 atom stereocenters. The number of aromatic amines is 1. The molecule has 5 nitrogen and oxygen atoms in total. The molecule has 2 aromatic heterocycles. The quantitative estimate of drug-likeness (QED) is 0.775. The Morgan fingerprint density at radius 1 is 1.21 bits per heavy atom. The third kappa shape index (κ3) is 3.05. The average molecular weight is 321 g/mol. The Bertz CT molecular complexity index is 798. The van der Waals surface area contributed by atoms with E-state index < -0.39 is 0 Å². The van der Waals surface area contributed by atoms with Crippen molar-refractivity contribution in [3.05, 3.63) is 60.2 Å². The van der Waals surface area contributed by atoms with Crippen molar-refractivity contribution in [1.29, 1.82) is 0 Å².